The third-order valence-electron chi connectivity index (χ3n) is 2.98. The first-order chi connectivity index (χ1) is 8.74. The maximum absolute atomic E-state index is 5.99. The molecule has 0 fully saturated rings. The molecule has 0 bridgehead atoms. The van der Waals surface area contributed by atoms with Crippen LogP contribution in [-0.2, 0) is 0 Å². The van der Waals surface area contributed by atoms with Gasteiger partial charge in [0.05, 0.1) is 12.3 Å². The number of nitrogens with zero attached hydrogens (tertiary/aromatic N) is 1. The number of nitrogen functional groups attached to an aromatic ring is 1. The van der Waals surface area contributed by atoms with Crippen molar-refractivity contribution in [2.24, 2.45) is 5.10 Å². The van der Waals surface area contributed by atoms with Crippen molar-refractivity contribution in [1.29, 1.82) is 0 Å². The Bertz CT molecular complexity index is 592. The highest BCUT2D eigenvalue weighted by molar-refractivity contribution is 6.30. The van der Waals surface area contributed by atoms with Gasteiger partial charge in [0.2, 0.25) is 0 Å². The summed E-state index contributed by atoms with van der Waals surface area (Å²) in [6, 6.07) is 9.25. The van der Waals surface area contributed by atoms with Crippen LogP contribution in [-0.4, -0.2) is 5.71 Å². The average Bonchev–Trinajstić information content (AvgIpc) is 3.00. The summed E-state index contributed by atoms with van der Waals surface area (Å²) < 4.78 is 5.33. The van der Waals surface area contributed by atoms with E-state index in [2.05, 4.69) is 10.5 Å². The van der Waals surface area contributed by atoms with E-state index < -0.39 is 0 Å². The first kappa shape index (κ1) is 11.2. The van der Waals surface area contributed by atoms with Crippen LogP contribution in [0, 0.1) is 0 Å². The fraction of sp³-hybridized carbons (Fsp3) is 0.154. The summed E-state index contributed by atoms with van der Waals surface area (Å²) in [4.78, 5) is 0. The Hall–Kier alpha value is -1.94. The molecule has 92 valence electrons. The molecule has 5 heteroatoms. The van der Waals surface area contributed by atoms with Crippen molar-refractivity contribution in [3.05, 3.63) is 52.9 Å². The number of nitrogens with two attached hydrogens (primary N) is 1. The Morgan fingerprint density at radius 2 is 2.28 bits per heavy atom. The first-order valence-electron chi connectivity index (χ1n) is 5.65. The number of hydrogen-bond donors (Lipinski definition) is 2. The number of benzene rings is 1. The first-order valence-corrected chi connectivity index (χ1v) is 6.03. The molecule has 2 heterocycles. The molecule has 0 saturated heterocycles. The Labute approximate surface area is 109 Å². The molecule has 1 aromatic heterocycles. The summed E-state index contributed by atoms with van der Waals surface area (Å²) in [6.45, 7) is 0. The molecule has 3 rings (SSSR count). The van der Waals surface area contributed by atoms with Crippen LogP contribution in [0.2, 0.25) is 5.02 Å². The number of anilines is 1. The molecule has 1 atom stereocenters. The topological polar surface area (TPSA) is 63.5 Å². The van der Waals surface area contributed by atoms with Gasteiger partial charge in [0.1, 0.15) is 11.5 Å². The highest BCUT2D eigenvalue weighted by atomic mass is 35.5. The molecule has 1 aromatic carbocycles. The van der Waals surface area contributed by atoms with Gasteiger partial charge in [0, 0.05) is 22.7 Å². The quantitative estimate of drug-likeness (QED) is 0.817. The van der Waals surface area contributed by atoms with Crippen molar-refractivity contribution in [1.82, 2.24) is 5.43 Å². The number of furan rings is 1. The predicted octanol–water partition coefficient (Wildman–Crippen LogP) is 2.95. The summed E-state index contributed by atoms with van der Waals surface area (Å²) in [5.74, 6) is 0.783. The summed E-state index contributed by atoms with van der Waals surface area (Å²) in [5.41, 5.74) is 11.6. The molecule has 0 aliphatic carbocycles. The van der Waals surface area contributed by atoms with Crippen LogP contribution < -0.4 is 11.2 Å². The van der Waals surface area contributed by atoms with Crippen LogP contribution in [0.4, 0.5) is 5.69 Å². The molecule has 3 N–H and O–H groups in total. The van der Waals surface area contributed by atoms with Gasteiger partial charge >= 0.3 is 0 Å². The molecule has 1 unspecified atom stereocenters. The van der Waals surface area contributed by atoms with Crippen molar-refractivity contribution in [3.8, 4) is 0 Å². The lowest BCUT2D eigenvalue weighted by molar-refractivity contribution is 0.556. The van der Waals surface area contributed by atoms with E-state index in [4.69, 9.17) is 21.8 Å². The number of nitrogens with one attached hydrogen (secondary N) is 1. The van der Waals surface area contributed by atoms with E-state index in [1.54, 1.807) is 12.3 Å². The van der Waals surface area contributed by atoms with E-state index in [1.165, 1.54) is 0 Å². The second-order valence-electron chi connectivity index (χ2n) is 4.19. The molecule has 2 aromatic rings. The maximum Gasteiger partial charge on any atom is 0.149 e. The van der Waals surface area contributed by atoms with Gasteiger partial charge in [0.25, 0.3) is 0 Å². The summed E-state index contributed by atoms with van der Waals surface area (Å²) in [5, 5.41) is 4.95. The van der Waals surface area contributed by atoms with Gasteiger partial charge in [-0.15, -0.1) is 0 Å². The van der Waals surface area contributed by atoms with Gasteiger partial charge in [-0.2, -0.15) is 5.10 Å². The zero-order chi connectivity index (χ0) is 12.5. The van der Waals surface area contributed by atoms with Crippen molar-refractivity contribution >= 4 is 23.0 Å². The van der Waals surface area contributed by atoms with E-state index >= 15 is 0 Å². The highest BCUT2D eigenvalue weighted by Crippen LogP contribution is 2.30. The minimum Gasteiger partial charge on any atom is -0.463 e. The monoisotopic (exact) mass is 261 g/mol. The number of hydrogen-bond acceptors (Lipinski definition) is 4. The highest BCUT2D eigenvalue weighted by Gasteiger charge is 2.24. The standard InChI is InChI=1S/C13H12ClN3O/c14-8-3-4-10(15)9(6-8)11-7-12(17-16-11)13-2-1-5-18-13/h1-6,11,16H,7,15H2. The molecule has 1 aliphatic rings. The van der Waals surface area contributed by atoms with E-state index in [0.717, 1.165) is 23.5 Å². The van der Waals surface area contributed by atoms with Crippen LogP contribution in [0.5, 0.6) is 0 Å². The zero-order valence-electron chi connectivity index (χ0n) is 9.56. The summed E-state index contributed by atoms with van der Waals surface area (Å²) >= 11 is 5.99. The van der Waals surface area contributed by atoms with Gasteiger partial charge in [-0.3, -0.25) is 0 Å². The van der Waals surface area contributed by atoms with Crippen molar-refractivity contribution in [3.63, 3.8) is 0 Å². The smallest absolute Gasteiger partial charge is 0.149 e. The average molecular weight is 262 g/mol. The lowest BCUT2D eigenvalue weighted by Gasteiger charge is -2.13. The second kappa shape index (κ2) is 4.38. The van der Waals surface area contributed by atoms with Gasteiger partial charge in [0.15, 0.2) is 0 Å². The van der Waals surface area contributed by atoms with E-state index in [0.29, 0.717) is 10.7 Å². The Kier molecular flexibility index (Phi) is 2.72. The van der Waals surface area contributed by atoms with Crippen molar-refractivity contribution < 1.29 is 4.42 Å². The van der Waals surface area contributed by atoms with Crippen LogP contribution in [0.1, 0.15) is 23.8 Å². The number of rotatable bonds is 2. The molecule has 4 nitrogen and oxygen atoms in total. The predicted molar refractivity (Wildman–Crippen MR) is 71.6 cm³/mol. The lowest BCUT2D eigenvalue weighted by atomic mass is 10.0. The molecule has 0 spiro atoms. The Morgan fingerprint density at radius 3 is 3.06 bits per heavy atom. The fourth-order valence-corrected chi connectivity index (χ4v) is 2.25. The molecule has 0 radical (unpaired) electrons. The van der Waals surface area contributed by atoms with Crippen LogP contribution >= 0.6 is 11.6 Å². The van der Waals surface area contributed by atoms with Gasteiger partial charge in [-0.1, -0.05) is 11.6 Å². The number of halogens is 1. The van der Waals surface area contributed by atoms with Gasteiger partial charge < -0.3 is 15.6 Å². The Balaban J connectivity index is 1.84. The van der Waals surface area contributed by atoms with Crippen LogP contribution in [0.3, 0.4) is 0 Å². The second-order valence-corrected chi connectivity index (χ2v) is 4.63. The van der Waals surface area contributed by atoms with Gasteiger partial charge in [-0.25, -0.2) is 0 Å². The third kappa shape index (κ3) is 1.95. The molecule has 1 aliphatic heterocycles. The maximum atomic E-state index is 5.99. The van der Waals surface area contributed by atoms with E-state index in [9.17, 15) is 0 Å². The summed E-state index contributed by atoms with van der Waals surface area (Å²) in [6.07, 6.45) is 2.37. The third-order valence-corrected chi connectivity index (χ3v) is 3.22. The fourth-order valence-electron chi connectivity index (χ4n) is 2.07. The molecular formula is C13H12ClN3O. The lowest BCUT2D eigenvalue weighted by Crippen LogP contribution is -2.12. The van der Waals surface area contributed by atoms with E-state index in [1.807, 2.05) is 24.3 Å². The van der Waals surface area contributed by atoms with Crippen molar-refractivity contribution in [2.45, 2.75) is 12.5 Å². The zero-order valence-corrected chi connectivity index (χ0v) is 10.3. The molecular weight excluding hydrogens is 250 g/mol. The largest absolute Gasteiger partial charge is 0.463 e. The molecule has 0 saturated carbocycles. The minimum atomic E-state index is 0.0452. The minimum absolute atomic E-state index is 0.0452. The van der Waals surface area contributed by atoms with Gasteiger partial charge in [-0.05, 0) is 30.3 Å². The SMILES string of the molecule is Nc1ccc(Cl)cc1C1CC(c2ccco2)=NN1. The van der Waals surface area contributed by atoms with Crippen LogP contribution in [0.25, 0.3) is 0 Å². The van der Waals surface area contributed by atoms with Crippen LogP contribution in [0.15, 0.2) is 46.1 Å². The van der Waals surface area contributed by atoms with E-state index in [-0.39, 0.29) is 6.04 Å². The van der Waals surface area contributed by atoms with Crippen molar-refractivity contribution in [2.75, 3.05) is 5.73 Å². The molecule has 18 heavy (non-hydrogen) atoms. The number of hydrazone groups is 1. The Morgan fingerprint density at radius 1 is 1.39 bits per heavy atom. The summed E-state index contributed by atoms with van der Waals surface area (Å²) in [7, 11) is 0. The normalized spacial score (nSPS) is 18.5. The molecule has 0 amide bonds.